The van der Waals surface area contributed by atoms with Gasteiger partial charge in [-0.2, -0.15) is 8.42 Å². The second kappa shape index (κ2) is 15.1. The molecule has 1 aromatic carbocycles. The minimum Gasteiger partial charge on any atom is -1.00 e. The van der Waals surface area contributed by atoms with E-state index < -0.39 is 10.1 Å². The normalized spacial score (nSPS) is 11.2. The fourth-order valence-electron chi connectivity index (χ4n) is 2.41. The van der Waals surface area contributed by atoms with Crippen LogP contribution in [-0.2, 0) is 14.3 Å². The van der Waals surface area contributed by atoms with Gasteiger partial charge in [0.05, 0.1) is 11.5 Å². The molecule has 0 aliphatic carbocycles. The molecule has 0 unspecified atom stereocenters. The molecule has 0 radical (unpaired) electrons. The molecule has 0 aliphatic rings. The molecule has 0 amide bonds. The number of hydrogen-bond donors (Lipinski definition) is 0. The van der Waals surface area contributed by atoms with Gasteiger partial charge in [-0.05, 0) is 18.6 Å². The Bertz CT molecular complexity index is 480. The van der Waals surface area contributed by atoms with Gasteiger partial charge in [-0.1, -0.05) is 82.9 Å². The number of rotatable bonds is 13. The van der Waals surface area contributed by atoms with Crippen LogP contribution in [0.2, 0.25) is 0 Å². The first kappa shape index (κ1) is 23.8. The molecule has 3 nitrogen and oxygen atoms in total. The van der Waals surface area contributed by atoms with E-state index in [4.69, 9.17) is 4.18 Å². The summed E-state index contributed by atoms with van der Waals surface area (Å²) in [5.74, 6) is 0. The zero-order valence-corrected chi connectivity index (χ0v) is 18.7. The molecule has 23 heavy (non-hydrogen) atoms. The first-order valence-electron chi connectivity index (χ1n) is 8.61. The van der Waals surface area contributed by atoms with E-state index in [-0.39, 0.29) is 64.3 Å². The molecule has 0 atom stereocenters. The van der Waals surface area contributed by atoms with Crippen LogP contribution in [0.25, 0.3) is 0 Å². The standard InChI is InChI=1S/C18H30O3S.K.H/c1-2-3-4-5-6-7-8-9-10-14-17-21-22(19,20)18-15-12-11-13-16-18;;/h11-13,15-16H,2-10,14,17H2,1H3;;/q;+1;-1. The summed E-state index contributed by atoms with van der Waals surface area (Å²) in [5.41, 5.74) is 0. The van der Waals surface area contributed by atoms with Gasteiger partial charge in [-0.3, -0.25) is 4.18 Å². The third kappa shape index (κ3) is 11.9. The van der Waals surface area contributed by atoms with Crippen molar-refractivity contribution in [2.45, 2.75) is 76.0 Å². The first-order chi connectivity index (χ1) is 10.7. The van der Waals surface area contributed by atoms with Crippen molar-refractivity contribution in [3.8, 4) is 0 Å². The van der Waals surface area contributed by atoms with Crippen LogP contribution >= 0.6 is 0 Å². The Labute approximate surface area is 186 Å². The van der Waals surface area contributed by atoms with Crippen LogP contribution in [0.1, 0.15) is 72.6 Å². The molecule has 0 aromatic heterocycles. The molecule has 0 heterocycles. The molecule has 0 aliphatic heterocycles. The Morgan fingerprint density at radius 3 is 1.83 bits per heavy atom. The Morgan fingerprint density at radius 1 is 0.826 bits per heavy atom. The molecule has 0 spiro atoms. The van der Waals surface area contributed by atoms with E-state index in [1.165, 1.54) is 51.4 Å². The summed E-state index contributed by atoms with van der Waals surface area (Å²) < 4.78 is 28.8. The van der Waals surface area contributed by atoms with Crippen LogP contribution in [0.5, 0.6) is 0 Å². The minimum absolute atomic E-state index is 0. The Balaban J connectivity index is 0. The summed E-state index contributed by atoms with van der Waals surface area (Å²) in [4.78, 5) is 0.238. The van der Waals surface area contributed by atoms with Gasteiger partial charge in [0.1, 0.15) is 0 Å². The van der Waals surface area contributed by atoms with E-state index in [9.17, 15) is 8.42 Å². The predicted molar refractivity (Wildman–Crippen MR) is 92.5 cm³/mol. The number of hydrogen-bond acceptors (Lipinski definition) is 3. The van der Waals surface area contributed by atoms with Crippen LogP contribution < -0.4 is 51.4 Å². The van der Waals surface area contributed by atoms with Gasteiger partial charge in [0.25, 0.3) is 10.1 Å². The van der Waals surface area contributed by atoms with Gasteiger partial charge < -0.3 is 1.43 Å². The smallest absolute Gasteiger partial charge is 1.00 e. The third-order valence-electron chi connectivity index (χ3n) is 3.77. The number of unbranched alkanes of at least 4 members (excludes halogenated alkanes) is 9. The zero-order chi connectivity index (χ0) is 16.1. The summed E-state index contributed by atoms with van der Waals surface area (Å²) >= 11 is 0. The maximum atomic E-state index is 11.9. The summed E-state index contributed by atoms with van der Waals surface area (Å²) in [6.07, 6.45) is 12.3. The summed E-state index contributed by atoms with van der Waals surface area (Å²) in [6.45, 7) is 2.52. The predicted octanol–water partition coefficient (Wildman–Crippen LogP) is 2.43. The van der Waals surface area contributed by atoms with Crippen LogP contribution in [-0.4, -0.2) is 15.0 Å². The van der Waals surface area contributed by atoms with E-state index in [0.29, 0.717) is 0 Å². The summed E-state index contributed by atoms with van der Waals surface area (Å²) in [6, 6.07) is 8.33. The number of benzene rings is 1. The molecule has 5 heteroatoms. The largest absolute Gasteiger partial charge is 1.00 e. The molecule has 0 bridgehead atoms. The molecule has 1 aromatic rings. The second-order valence-corrected chi connectivity index (χ2v) is 7.39. The van der Waals surface area contributed by atoms with Crippen molar-refractivity contribution in [1.29, 1.82) is 0 Å². The van der Waals surface area contributed by atoms with Crippen molar-refractivity contribution in [3.63, 3.8) is 0 Å². The topological polar surface area (TPSA) is 43.4 Å². The van der Waals surface area contributed by atoms with Gasteiger partial charge in [0, 0.05) is 0 Å². The van der Waals surface area contributed by atoms with Crippen molar-refractivity contribution in [3.05, 3.63) is 30.3 Å². The molecular formula is C18H31KO3S. The fourth-order valence-corrected chi connectivity index (χ4v) is 3.38. The van der Waals surface area contributed by atoms with Crippen molar-refractivity contribution >= 4 is 10.1 Å². The van der Waals surface area contributed by atoms with Crippen LogP contribution in [0.4, 0.5) is 0 Å². The first-order valence-corrected chi connectivity index (χ1v) is 10.0. The van der Waals surface area contributed by atoms with Crippen molar-refractivity contribution in [2.24, 2.45) is 0 Å². The van der Waals surface area contributed by atoms with Gasteiger partial charge in [-0.15, -0.1) is 0 Å². The van der Waals surface area contributed by atoms with Gasteiger partial charge in [0.2, 0.25) is 0 Å². The summed E-state index contributed by atoms with van der Waals surface area (Å²) in [7, 11) is -3.57. The third-order valence-corrected chi connectivity index (χ3v) is 5.09. The molecule has 1 rings (SSSR count). The summed E-state index contributed by atoms with van der Waals surface area (Å²) in [5, 5.41) is 0. The molecular weight excluding hydrogens is 335 g/mol. The zero-order valence-electron chi connectivity index (χ0n) is 15.8. The maximum Gasteiger partial charge on any atom is 1.00 e. The average molecular weight is 367 g/mol. The van der Waals surface area contributed by atoms with Gasteiger partial charge >= 0.3 is 51.4 Å². The monoisotopic (exact) mass is 366 g/mol. The molecule has 0 saturated carbocycles. The van der Waals surface area contributed by atoms with Crippen molar-refractivity contribution in [2.75, 3.05) is 6.61 Å². The van der Waals surface area contributed by atoms with Crippen LogP contribution in [0.3, 0.4) is 0 Å². The minimum atomic E-state index is -3.57. The van der Waals surface area contributed by atoms with E-state index in [2.05, 4.69) is 6.92 Å². The van der Waals surface area contributed by atoms with E-state index >= 15 is 0 Å². The Hall–Kier alpha value is 0.766. The quantitative estimate of drug-likeness (QED) is 0.306. The second-order valence-electron chi connectivity index (χ2n) is 5.77. The average Bonchev–Trinajstić information content (AvgIpc) is 2.53. The molecule has 0 saturated heterocycles. The van der Waals surface area contributed by atoms with Crippen LogP contribution in [0.15, 0.2) is 35.2 Å². The van der Waals surface area contributed by atoms with E-state index in [0.717, 1.165) is 12.8 Å². The van der Waals surface area contributed by atoms with Gasteiger partial charge in [0.15, 0.2) is 0 Å². The van der Waals surface area contributed by atoms with Crippen molar-refractivity contribution < 1.29 is 65.4 Å². The fraction of sp³-hybridized carbons (Fsp3) is 0.667. The van der Waals surface area contributed by atoms with E-state index in [1.54, 1.807) is 30.3 Å². The molecule has 0 fully saturated rings. The Morgan fingerprint density at radius 2 is 1.30 bits per heavy atom. The van der Waals surface area contributed by atoms with E-state index in [1.807, 2.05) is 0 Å². The van der Waals surface area contributed by atoms with Crippen LogP contribution in [0, 0.1) is 0 Å². The Kier molecular flexibility index (Phi) is 15.6. The molecule has 0 N–H and O–H groups in total. The maximum absolute atomic E-state index is 11.9. The van der Waals surface area contributed by atoms with Gasteiger partial charge in [-0.25, -0.2) is 0 Å². The molecule has 128 valence electrons. The van der Waals surface area contributed by atoms with Crippen molar-refractivity contribution in [1.82, 2.24) is 0 Å². The SMILES string of the molecule is CCCCCCCCCCCCOS(=O)(=O)c1ccccc1.[H-].[K+].